The lowest BCUT2D eigenvalue weighted by Crippen LogP contribution is -2.55. The van der Waals surface area contributed by atoms with Gasteiger partial charge in [-0.2, -0.15) is 5.10 Å². The zero-order chi connectivity index (χ0) is 8.84. The second kappa shape index (κ2) is 2.71. The summed E-state index contributed by atoms with van der Waals surface area (Å²) in [5.41, 5.74) is 4.73. The molecule has 4 fully saturated rings. The van der Waals surface area contributed by atoms with Crippen LogP contribution in [-0.2, 0) is 0 Å². The molecular weight excluding hydrogens is 162 g/mol. The monoisotopic (exact) mass is 179 g/mol. The number of hydrogen-bond acceptors (Lipinski definition) is 3. The Morgan fingerprint density at radius 3 is 2.62 bits per heavy atom. The molecule has 4 rings (SSSR count). The fourth-order valence-corrected chi connectivity index (χ4v) is 2.48. The average molecular weight is 179 g/mol. The van der Waals surface area contributed by atoms with Crippen LogP contribution in [-0.4, -0.2) is 36.8 Å². The zero-order valence-electron chi connectivity index (χ0n) is 8.16. The van der Waals surface area contributed by atoms with Crippen molar-refractivity contribution in [1.82, 2.24) is 10.3 Å². The fourth-order valence-electron chi connectivity index (χ4n) is 2.48. The molecular formula is C10H17N3. The molecule has 0 amide bonds. The summed E-state index contributed by atoms with van der Waals surface area (Å²) in [4.78, 5) is 2.43. The van der Waals surface area contributed by atoms with Crippen molar-refractivity contribution in [3.05, 3.63) is 0 Å². The maximum absolute atomic E-state index is 4.55. The van der Waals surface area contributed by atoms with E-state index in [1.165, 1.54) is 38.1 Å². The Kier molecular flexibility index (Phi) is 1.62. The van der Waals surface area contributed by atoms with E-state index in [1.54, 1.807) is 0 Å². The Labute approximate surface area is 79.2 Å². The highest BCUT2D eigenvalue weighted by molar-refractivity contribution is 5.95. The van der Waals surface area contributed by atoms with E-state index in [0.29, 0.717) is 6.04 Å². The van der Waals surface area contributed by atoms with Gasteiger partial charge >= 0.3 is 0 Å². The van der Waals surface area contributed by atoms with Crippen LogP contribution in [0.3, 0.4) is 0 Å². The SMILES string of the molecule is CN1CC2CC(C1)C2=NNC1CC1. The second-order valence-electron chi connectivity index (χ2n) is 4.79. The summed E-state index contributed by atoms with van der Waals surface area (Å²) < 4.78 is 0. The lowest BCUT2D eigenvalue weighted by Gasteiger charge is -2.46. The van der Waals surface area contributed by atoms with Crippen molar-refractivity contribution in [3.63, 3.8) is 0 Å². The molecule has 2 saturated heterocycles. The predicted molar refractivity (Wildman–Crippen MR) is 52.7 cm³/mol. The number of rotatable bonds is 2. The van der Waals surface area contributed by atoms with Crippen LogP contribution in [0.1, 0.15) is 19.3 Å². The molecule has 2 unspecified atom stereocenters. The minimum Gasteiger partial charge on any atom is -0.307 e. The minimum atomic E-state index is 0.714. The molecule has 72 valence electrons. The second-order valence-corrected chi connectivity index (χ2v) is 4.79. The highest BCUT2D eigenvalue weighted by atomic mass is 15.3. The van der Waals surface area contributed by atoms with E-state index in [2.05, 4.69) is 22.5 Å². The Balaban J connectivity index is 1.63. The maximum atomic E-state index is 4.55. The molecule has 0 aromatic carbocycles. The molecule has 3 nitrogen and oxygen atoms in total. The molecule has 1 N–H and O–H groups in total. The van der Waals surface area contributed by atoms with Gasteiger partial charge in [0.1, 0.15) is 0 Å². The number of hydrogen-bond donors (Lipinski definition) is 1. The molecule has 2 bridgehead atoms. The van der Waals surface area contributed by atoms with E-state index in [1.807, 2.05) is 0 Å². The molecule has 0 spiro atoms. The Morgan fingerprint density at radius 2 is 2.00 bits per heavy atom. The van der Waals surface area contributed by atoms with Crippen molar-refractivity contribution in [3.8, 4) is 0 Å². The number of hydrazone groups is 1. The quantitative estimate of drug-likeness (QED) is 0.631. The summed E-state index contributed by atoms with van der Waals surface area (Å²) >= 11 is 0. The van der Waals surface area contributed by atoms with Gasteiger partial charge in [-0.1, -0.05) is 0 Å². The summed E-state index contributed by atoms with van der Waals surface area (Å²) in [6.07, 6.45) is 4.04. The van der Waals surface area contributed by atoms with E-state index in [9.17, 15) is 0 Å². The molecule has 2 aliphatic heterocycles. The molecule has 3 heteroatoms. The fraction of sp³-hybridized carbons (Fsp3) is 0.900. The van der Waals surface area contributed by atoms with Crippen LogP contribution in [0.2, 0.25) is 0 Å². The summed E-state index contributed by atoms with van der Waals surface area (Å²) in [5.74, 6) is 1.55. The number of fused-ring (bicyclic) bond motifs is 2. The van der Waals surface area contributed by atoms with Crippen LogP contribution in [0, 0.1) is 11.8 Å². The molecule has 2 atom stereocenters. The van der Waals surface area contributed by atoms with Crippen molar-refractivity contribution >= 4 is 5.71 Å². The van der Waals surface area contributed by atoms with E-state index in [4.69, 9.17) is 0 Å². The van der Waals surface area contributed by atoms with Crippen molar-refractivity contribution in [1.29, 1.82) is 0 Å². The molecule has 0 radical (unpaired) electrons. The zero-order valence-corrected chi connectivity index (χ0v) is 8.16. The molecule has 2 heterocycles. The Hall–Kier alpha value is -0.570. The van der Waals surface area contributed by atoms with Gasteiger partial charge in [-0.15, -0.1) is 0 Å². The first-order valence-corrected chi connectivity index (χ1v) is 5.34. The van der Waals surface area contributed by atoms with Crippen LogP contribution >= 0.6 is 0 Å². The summed E-state index contributed by atoms with van der Waals surface area (Å²) in [7, 11) is 2.21. The highest BCUT2D eigenvalue weighted by Gasteiger charge is 2.42. The third-order valence-electron chi connectivity index (χ3n) is 3.42. The van der Waals surface area contributed by atoms with Crippen LogP contribution in [0.25, 0.3) is 0 Å². The largest absolute Gasteiger partial charge is 0.307 e. The smallest absolute Gasteiger partial charge is 0.0466 e. The molecule has 0 aromatic heterocycles. The first kappa shape index (κ1) is 7.80. The predicted octanol–water partition coefficient (Wildman–Crippen LogP) is 0.676. The molecule has 13 heavy (non-hydrogen) atoms. The van der Waals surface area contributed by atoms with E-state index >= 15 is 0 Å². The van der Waals surface area contributed by atoms with Gasteiger partial charge in [0, 0.05) is 36.7 Å². The van der Waals surface area contributed by atoms with Crippen LogP contribution in [0.5, 0.6) is 0 Å². The van der Waals surface area contributed by atoms with Crippen LogP contribution in [0.4, 0.5) is 0 Å². The van der Waals surface area contributed by atoms with Gasteiger partial charge in [-0.25, -0.2) is 0 Å². The average Bonchev–Trinajstić information content (AvgIpc) is 2.87. The van der Waals surface area contributed by atoms with Gasteiger partial charge in [-0.05, 0) is 26.3 Å². The van der Waals surface area contributed by atoms with E-state index in [0.717, 1.165) is 11.8 Å². The van der Waals surface area contributed by atoms with Gasteiger partial charge < -0.3 is 10.3 Å². The first-order valence-electron chi connectivity index (χ1n) is 5.34. The lowest BCUT2D eigenvalue weighted by atomic mass is 9.69. The molecule has 2 saturated carbocycles. The van der Waals surface area contributed by atoms with Crippen molar-refractivity contribution in [2.24, 2.45) is 16.9 Å². The van der Waals surface area contributed by atoms with Crippen molar-refractivity contribution in [2.45, 2.75) is 25.3 Å². The van der Waals surface area contributed by atoms with E-state index in [-0.39, 0.29) is 0 Å². The first-order chi connectivity index (χ1) is 6.33. The van der Waals surface area contributed by atoms with E-state index < -0.39 is 0 Å². The lowest BCUT2D eigenvalue weighted by molar-refractivity contribution is 0.167. The number of nitrogens with zero attached hydrogens (tertiary/aromatic N) is 2. The molecule has 0 aromatic rings. The Bertz CT molecular complexity index is 231. The van der Waals surface area contributed by atoms with Gasteiger partial charge in [-0.3, -0.25) is 0 Å². The van der Waals surface area contributed by atoms with Crippen molar-refractivity contribution in [2.75, 3.05) is 20.1 Å². The third-order valence-corrected chi connectivity index (χ3v) is 3.42. The van der Waals surface area contributed by atoms with Crippen molar-refractivity contribution < 1.29 is 0 Å². The number of nitrogens with one attached hydrogen (secondary N) is 1. The molecule has 4 aliphatic rings. The summed E-state index contributed by atoms with van der Waals surface area (Å²) in [6.45, 7) is 2.45. The van der Waals surface area contributed by atoms with Gasteiger partial charge in [0.25, 0.3) is 0 Å². The summed E-state index contributed by atoms with van der Waals surface area (Å²) in [6, 6.07) is 0.714. The Morgan fingerprint density at radius 1 is 1.31 bits per heavy atom. The standard InChI is InChI=1S/C10H17N3/c1-13-5-7-4-8(6-13)10(7)12-11-9-2-3-9/h7-9,11H,2-6H2,1H3. The topological polar surface area (TPSA) is 27.6 Å². The van der Waals surface area contributed by atoms with Gasteiger partial charge in [0.2, 0.25) is 0 Å². The molecule has 2 aliphatic carbocycles. The van der Waals surface area contributed by atoms with Crippen LogP contribution < -0.4 is 5.43 Å². The van der Waals surface area contributed by atoms with Gasteiger partial charge in [0.05, 0.1) is 0 Å². The highest BCUT2D eigenvalue weighted by Crippen LogP contribution is 2.36. The van der Waals surface area contributed by atoms with Crippen LogP contribution in [0.15, 0.2) is 5.10 Å². The van der Waals surface area contributed by atoms with Gasteiger partial charge in [0.15, 0.2) is 0 Å². The minimum absolute atomic E-state index is 0.714. The number of piperidine rings is 2. The summed E-state index contributed by atoms with van der Waals surface area (Å²) in [5, 5.41) is 4.55. The normalized spacial score (nSPS) is 38.4. The third kappa shape index (κ3) is 1.35. The maximum Gasteiger partial charge on any atom is 0.0466 e.